The van der Waals surface area contributed by atoms with E-state index >= 15 is 0 Å². The number of rotatable bonds is 2. The Morgan fingerprint density at radius 2 is 2.00 bits per heavy atom. The molecule has 1 aliphatic rings. The normalized spacial score (nSPS) is 18.6. The molecule has 1 aromatic rings. The lowest BCUT2D eigenvalue weighted by Gasteiger charge is -2.28. The van der Waals surface area contributed by atoms with E-state index in [-0.39, 0.29) is 18.3 Å². The first-order chi connectivity index (χ1) is 6.75. The quantitative estimate of drug-likeness (QED) is 0.811. The van der Waals surface area contributed by atoms with Crippen LogP contribution in [-0.2, 0) is 4.79 Å². The number of benzene rings is 1. The Balaban J connectivity index is 0.00000112. The van der Waals surface area contributed by atoms with Gasteiger partial charge < -0.3 is 10.6 Å². The van der Waals surface area contributed by atoms with Crippen molar-refractivity contribution in [2.75, 3.05) is 11.9 Å². The lowest BCUT2D eigenvalue weighted by atomic mass is 9.98. The molecule has 82 valence electrons. The van der Waals surface area contributed by atoms with Gasteiger partial charge in [-0.3, -0.25) is 4.79 Å². The fourth-order valence-electron chi connectivity index (χ4n) is 1.58. The summed E-state index contributed by atoms with van der Waals surface area (Å²) in [5, 5.41) is 6.08. The number of nitrogens with one attached hydrogen (secondary N) is 2. The fourth-order valence-corrected chi connectivity index (χ4v) is 1.58. The summed E-state index contributed by atoms with van der Waals surface area (Å²) in [6.45, 7) is 2.62. The van der Waals surface area contributed by atoms with E-state index in [1.165, 1.54) is 18.9 Å². The number of hydrogen-bond acceptors (Lipinski definition) is 2. The van der Waals surface area contributed by atoms with Crippen LogP contribution in [0.3, 0.4) is 0 Å². The van der Waals surface area contributed by atoms with E-state index in [1.807, 2.05) is 12.1 Å². The first-order valence-electron chi connectivity index (χ1n) is 4.86. The maximum Gasteiger partial charge on any atom is 0.221 e. The summed E-state index contributed by atoms with van der Waals surface area (Å²) in [5.41, 5.74) is 2.16. The molecule has 0 radical (unpaired) electrons. The molecule has 1 aromatic carbocycles. The van der Waals surface area contributed by atoms with Gasteiger partial charge in [0.1, 0.15) is 0 Å². The minimum Gasteiger partial charge on any atom is -0.326 e. The van der Waals surface area contributed by atoms with Gasteiger partial charge in [-0.05, 0) is 30.7 Å². The summed E-state index contributed by atoms with van der Waals surface area (Å²) in [6.07, 6.45) is 1.21. The average molecular weight is 227 g/mol. The minimum absolute atomic E-state index is 0. The van der Waals surface area contributed by atoms with Crippen molar-refractivity contribution < 1.29 is 4.79 Å². The first-order valence-corrected chi connectivity index (χ1v) is 4.86. The van der Waals surface area contributed by atoms with Crippen LogP contribution in [-0.4, -0.2) is 12.5 Å². The van der Waals surface area contributed by atoms with Crippen LogP contribution in [0.25, 0.3) is 0 Å². The molecule has 0 saturated carbocycles. The molecular weight excluding hydrogens is 212 g/mol. The number of hydrogen-bond donors (Lipinski definition) is 2. The second kappa shape index (κ2) is 5.14. The largest absolute Gasteiger partial charge is 0.326 e. The van der Waals surface area contributed by atoms with Crippen LogP contribution in [0.1, 0.15) is 24.9 Å². The molecule has 0 unspecified atom stereocenters. The Morgan fingerprint density at radius 3 is 2.40 bits per heavy atom. The predicted octanol–water partition coefficient (Wildman–Crippen LogP) is 2.10. The zero-order chi connectivity index (χ0) is 9.97. The Labute approximate surface area is 95.7 Å². The molecule has 1 amide bonds. The molecule has 2 N–H and O–H groups in total. The molecule has 0 bridgehead atoms. The molecular formula is C11H15ClN2O. The molecule has 1 fully saturated rings. The molecule has 1 aliphatic heterocycles. The standard InChI is InChI=1S/C11H14N2O.ClH/c1-8(14)13-10-4-2-9(3-5-10)11-6-7-12-11;/h2-5,11-12H,6-7H2,1H3,(H,13,14);1H/t11-;/m0./s1. The van der Waals surface area contributed by atoms with Crippen molar-refractivity contribution in [2.45, 2.75) is 19.4 Å². The smallest absolute Gasteiger partial charge is 0.221 e. The molecule has 0 spiro atoms. The highest BCUT2D eigenvalue weighted by Gasteiger charge is 2.17. The predicted molar refractivity (Wildman–Crippen MR) is 63.4 cm³/mol. The minimum atomic E-state index is -0.0282. The summed E-state index contributed by atoms with van der Waals surface area (Å²) >= 11 is 0. The van der Waals surface area contributed by atoms with Crippen molar-refractivity contribution in [2.24, 2.45) is 0 Å². The van der Waals surface area contributed by atoms with E-state index in [2.05, 4.69) is 22.8 Å². The van der Waals surface area contributed by atoms with Crippen LogP contribution in [0.2, 0.25) is 0 Å². The van der Waals surface area contributed by atoms with E-state index in [0.29, 0.717) is 6.04 Å². The molecule has 0 aromatic heterocycles. The number of anilines is 1. The number of carbonyl (C=O) groups excluding carboxylic acids is 1. The third-order valence-corrected chi connectivity index (χ3v) is 2.46. The number of halogens is 1. The Morgan fingerprint density at radius 1 is 1.40 bits per heavy atom. The van der Waals surface area contributed by atoms with Crippen molar-refractivity contribution in [1.29, 1.82) is 0 Å². The Kier molecular flexibility index (Phi) is 4.12. The van der Waals surface area contributed by atoms with E-state index in [1.54, 1.807) is 0 Å². The summed E-state index contributed by atoms with van der Waals surface area (Å²) in [7, 11) is 0. The average Bonchev–Trinajstić information content (AvgIpc) is 2.04. The van der Waals surface area contributed by atoms with Crippen LogP contribution in [0.5, 0.6) is 0 Å². The Bertz CT molecular complexity index is 333. The highest BCUT2D eigenvalue weighted by molar-refractivity contribution is 5.88. The Hall–Kier alpha value is -1.06. The summed E-state index contributed by atoms with van der Waals surface area (Å²) in [5.74, 6) is -0.0282. The van der Waals surface area contributed by atoms with E-state index in [0.717, 1.165) is 12.2 Å². The maximum atomic E-state index is 10.8. The maximum absolute atomic E-state index is 10.8. The van der Waals surface area contributed by atoms with Gasteiger partial charge in [0, 0.05) is 18.7 Å². The van der Waals surface area contributed by atoms with Gasteiger partial charge >= 0.3 is 0 Å². The number of carbonyl (C=O) groups is 1. The van der Waals surface area contributed by atoms with Crippen LogP contribution < -0.4 is 10.6 Å². The summed E-state index contributed by atoms with van der Waals surface area (Å²) < 4.78 is 0. The third kappa shape index (κ3) is 2.94. The third-order valence-electron chi connectivity index (χ3n) is 2.46. The van der Waals surface area contributed by atoms with Gasteiger partial charge in [-0.2, -0.15) is 0 Å². The highest BCUT2D eigenvalue weighted by Crippen LogP contribution is 2.23. The van der Waals surface area contributed by atoms with Crippen molar-refractivity contribution in [3.05, 3.63) is 29.8 Å². The molecule has 4 heteroatoms. The van der Waals surface area contributed by atoms with Gasteiger partial charge in [0.25, 0.3) is 0 Å². The van der Waals surface area contributed by atoms with Gasteiger partial charge in [0.15, 0.2) is 0 Å². The molecule has 3 nitrogen and oxygen atoms in total. The lowest BCUT2D eigenvalue weighted by Crippen LogP contribution is -2.34. The fraction of sp³-hybridized carbons (Fsp3) is 0.364. The lowest BCUT2D eigenvalue weighted by molar-refractivity contribution is -0.114. The molecule has 1 atom stereocenters. The van der Waals surface area contributed by atoms with Crippen molar-refractivity contribution in [3.8, 4) is 0 Å². The molecule has 1 saturated heterocycles. The zero-order valence-corrected chi connectivity index (χ0v) is 9.43. The van der Waals surface area contributed by atoms with Gasteiger partial charge in [-0.1, -0.05) is 12.1 Å². The number of amides is 1. The van der Waals surface area contributed by atoms with Gasteiger partial charge in [-0.15, -0.1) is 12.4 Å². The molecule has 1 heterocycles. The van der Waals surface area contributed by atoms with Gasteiger partial charge in [0.05, 0.1) is 0 Å². The van der Waals surface area contributed by atoms with Crippen LogP contribution in [0, 0.1) is 0 Å². The summed E-state index contributed by atoms with van der Waals surface area (Å²) in [6, 6.07) is 8.51. The zero-order valence-electron chi connectivity index (χ0n) is 8.62. The van der Waals surface area contributed by atoms with Crippen LogP contribution >= 0.6 is 12.4 Å². The highest BCUT2D eigenvalue weighted by atomic mass is 35.5. The summed E-state index contributed by atoms with van der Waals surface area (Å²) in [4.78, 5) is 10.8. The molecule has 0 aliphatic carbocycles. The molecule has 2 rings (SSSR count). The second-order valence-electron chi connectivity index (χ2n) is 3.60. The SMILES string of the molecule is CC(=O)Nc1ccc([C@@H]2CCN2)cc1.Cl. The van der Waals surface area contributed by atoms with Crippen LogP contribution in [0.4, 0.5) is 5.69 Å². The van der Waals surface area contributed by atoms with E-state index in [9.17, 15) is 4.79 Å². The molecule has 15 heavy (non-hydrogen) atoms. The van der Waals surface area contributed by atoms with Gasteiger partial charge in [-0.25, -0.2) is 0 Å². The first kappa shape index (κ1) is 12.0. The van der Waals surface area contributed by atoms with Crippen molar-refractivity contribution >= 4 is 24.0 Å². The van der Waals surface area contributed by atoms with Crippen molar-refractivity contribution in [1.82, 2.24) is 5.32 Å². The van der Waals surface area contributed by atoms with Gasteiger partial charge in [0.2, 0.25) is 5.91 Å². The monoisotopic (exact) mass is 226 g/mol. The van der Waals surface area contributed by atoms with Crippen molar-refractivity contribution in [3.63, 3.8) is 0 Å². The second-order valence-corrected chi connectivity index (χ2v) is 3.60. The van der Waals surface area contributed by atoms with E-state index in [4.69, 9.17) is 0 Å². The van der Waals surface area contributed by atoms with E-state index < -0.39 is 0 Å². The topological polar surface area (TPSA) is 41.1 Å². The van der Waals surface area contributed by atoms with Crippen LogP contribution in [0.15, 0.2) is 24.3 Å².